The molecule has 0 spiro atoms. The molecule has 9 heteroatoms. The van der Waals surface area contributed by atoms with Gasteiger partial charge in [-0.15, -0.1) is 0 Å². The number of ether oxygens (including phenoxy) is 1. The van der Waals surface area contributed by atoms with E-state index in [1.165, 1.54) is 8.61 Å². The molecule has 0 saturated carbocycles. The zero-order chi connectivity index (χ0) is 33.0. The van der Waals surface area contributed by atoms with Crippen LogP contribution in [0.25, 0.3) is 0 Å². The summed E-state index contributed by atoms with van der Waals surface area (Å²) >= 11 is 0. The molecule has 0 unspecified atom stereocenters. The molecule has 5 aromatic carbocycles. The van der Waals surface area contributed by atoms with Crippen molar-refractivity contribution in [2.75, 3.05) is 17.4 Å². The van der Waals surface area contributed by atoms with Gasteiger partial charge < -0.3 is 4.74 Å². The molecule has 0 fully saturated rings. The van der Waals surface area contributed by atoms with Crippen molar-refractivity contribution in [1.29, 1.82) is 0 Å². The number of aryl methyl sites for hydroxylation is 2. The fourth-order valence-electron chi connectivity index (χ4n) is 5.89. The molecule has 1 heterocycles. The van der Waals surface area contributed by atoms with Crippen LogP contribution in [-0.4, -0.2) is 40.3 Å². The molecule has 0 N–H and O–H groups in total. The Morgan fingerprint density at radius 1 is 0.638 bits per heavy atom. The van der Waals surface area contributed by atoms with Crippen molar-refractivity contribution < 1.29 is 21.6 Å². The summed E-state index contributed by atoms with van der Waals surface area (Å²) in [4.78, 5) is 0.338. The summed E-state index contributed by atoms with van der Waals surface area (Å²) in [5.41, 5.74) is 5.15. The standard InChI is InChI=1S/C38H38N2O5S2/c1-29-12-20-36(21-13-29)46(41,42)39-25-24-33-10-6-7-11-38(33)40(47(43,44)37-22-14-30(2)15-23-37)27-34(39)26-31-16-18-35(19-17-31)45-28-32-8-4-3-5-9-32/h3-23,34H,24-28H2,1-2H3/t34-/m0/s1. The van der Waals surface area contributed by atoms with Gasteiger partial charge in [0.15, 0.2) is 0 Å². The Morgan fingerprint density at radius 2 is 1.21 bits per heavy atom. The third-order valence-electron chi connectivity index (χ3n) is 8.53. The van der Waals surface area contributed by atoms with Gasteiger partial charge in [0.25, 0.3) is 10.0 Å². The summed E-state index contributed by atoms with van der Waals surface area (Å²) in [6.45, 7) is 4.38. The number of anilines is 1. The predicted molar refractivity (Wildman–Crippen MR) is 186 cm³/mol. The Balaban J connectivity index is 1.39. The molecule has 7 nitrogen and oxygen atoms in total. The second-order valence-electron chi connectivity index (χ2n) is 11.9. The first-order chi connectivity index (χ1) is 22.6. The average Bonchev–Trinajstić information content (AvgIpc) is 3.07. The predicted octanol–water partition coefficient (Wildman–Crippen LogP) is 6.94. The van der Waals surface area contributed by atoms with Crippen LogP contribution >= 0.6 is 0 Å². The molecule has 1 aliphatic rings. The molecule has 0 radical (unpaired) electrons. The second-order valence-corrected chi connectivity index (χ2v) is 15.7. The van der Waals surface area contributed by atoms with Crippen molar-refractivity contribution in [3.05, 3.63) is 155 Å². The van der Waals surface area contributed by atoms with Crippen LogP contribution in [0, 0.1) is 13.8 Å². The number of para-hydroxylation sites is 1. The molecule has 0 aliphatic carbocycles. The van der Waals surface area contributed by atoms with Crippen LogP contribution < -0.4 is 9.04 Å². The lowest BCUT2D eigenvalue weighted by molar-refractivity contribution is 0.305. The van der Waals surface area contributed by atoms with Gasteiger partial charge in [-0.1, -0.05) is 96.1 Å². The Labute approximate surface area is 278 Å². The Bertz CT molecular complexity index is 2030. The highest BCUT2D eigenvalue weighted by Crippen LogP contribution is 2.33. The van der Waals surface area contributed by atoms with E-state index in [-0.39, 0.29) is 22.9 Å². The second kappa shape index (κ2) is 13.7. The van der Waals surface area contributed by atoms with Gasteiger partial charge in [0, 0.05) is 12.6 Å². The van der Waals surface area contributed by atoms with Crippen molar-refractivity contribution in [2.45, 2.75) is 49.1 Å². The summed E-state index contributed by atoms with van der Waals surface area (Å²) in [6, 6.07) is 37.7. The van der Waals surface area contributed by atoms with E-state index in [0.29, 0.717) is 30.9 Å². The highest BCUT2D eigenvalue weighted by atomic mass is 32.2. The SMILES string of the molecule is Cc1ccc(S(=O)(=O)N2C[C@H](Cc3ccc(OCc4ccccc4)cc3)N(S(=O)(=O)c3ccc(C)cc3)CCc3ccccc32)cc1. The molecule has 47 heavy (non-hydrogen) atoms. The summed E-state index contributed by atoms with van der Waals surface area (Å²) in [5.74, 6) is 0.692. The molecule has 1 aliphatic heterocycles. The number of sulfonamides is 2. The van der Waals surface area contributed by atoms with E-state index in [1.807, 2.05) is 86.6 Å². The normalized spacial score (nSPS) is 15.8. The van der Waals surface area contributed by atoms with Gasteiger partial charge in [0.05, 0.1) is 22.0 Å². The molecule has 0 amide bonds. The van der Waals surface area contributed by atoms with Crippen molar-refractivity contribution in [3.63, 3.8) is 0 Å². The van der Waals surface area contributed by atoms with Crippen molar-refractivity contribution >= 4 is 25.7 Å². The fourth-order valence-corrected chi connectivity index (χ4v) is 9.04. The largest absolute Gasteiger partial charge is 0.489 e. The van der Waals surface area contributed by atoms with Gasteiger partial charge in [-0.2, -0.15) is 4.31 Å². The lowest BCUT2D eigenvalue weighted by Crippen LogP contribution is -2.51. The third kappa shape index (κ3) is 7.27. The van der Waals surface area contributed by atoms with E-state index in [2.05, 4.69) is 0 Å². The van der Waals surface area contributed by atoms with E-state index >= 15 is 0 Å². The van der Waals surface area contributed by atoms with Crippen molar-refractivity contribution in [2.24, 2.45) is 0 Å². The maximum Gasteiger partial charge on any atom is 0.264 e. The van der Waals surface area contributed by atoms with Gasteiger partial charge in [0.2, 0.25) is 10.0 Å². The third-order valence-corrected chi connectivity index (χ3v) is 12.3. The number of fused-ring (bicyclic) bond motifs is 1. The quantitative estimate of drug-likeness (QED) is 0.170. The van der Waals surface area contributed by atoms with Crippen molar-refractivity contribution in [1.82, 2.24) is 4.31 Å². The number of rotatable bonds is 9. The minimum Gasteiger partial charge on any atom is -0.489 e. The molecule has 6 rings (SSSR count). The highest BCUT2D eigenvalue weighted by Gasteiger charge is 2.38. The van der Waals surface area contributed by atoms with E-state index in [0.717, 1.165) is 27.8 Å². The summed E-state index contributed by atoms with van der Waals surface area (Å²) in [5, 5.41) is 0. The zero-order valence-corrected chi connectivity index (χ0v) is 28.1. The van der Waals surface area contributed by atoms with Crippen LogP contribution in [0.5, 0.6) is 5.75 Å². The molecule has 242 valence electrons. The topological polar surface area (TPSA) is 84.0 Å². The maximum atomic E-state index is 14.4. The minimum absolute atomic E-state index is 0.0649. The van der Waals surface area contributed by atoms with Gasteiger partial charge >= 0.3 is 0 Å². The van der Waals surface area contributed by atoms with Crippen LogP contribution in [0.2, 0.25) is 0 Å². The first-order valence-corrected chi connectivity index (χ1v) is 18.5. The van der Waals surface area contributed by atoms with Crippen LogP contribution in [-0.2, 0) is 39.5 Å². The number of hydrogen-bond donors (Lipinski definition) is 0. The summed E-state index contributed by atoms with van der Waals surface area (Å²) in [6.07, 6.45) is 0.649. The molecule has 1 atom stereocenters. The number of benzene rings is 5. The molecule has 0 saturated heterocycles. The van der Waals surface area contributed by atoms with Gasteiger partial charge in [-0.25, -0.2) is 16.8 Å². The van der Waals surface area contributed by atoms with Crippen LogP contribution in [0.3, 0.4) is 0 Å². The summed E-state index contributed by atoms with van der Waals surface area (Å²) in [7, 11) is -8.03. The Morgan fingerprint density at radius 3 is 1.85 bits per heavy atom. The monoisotopic (exact) mass is 666 g/mol. The van der Waals surface area contributed by atoms with Gasteiger partial charge in [-0.3, -0.25) is 4.31 Å². The van der Waals surface area contributed by atoms with Crippen LogP contribution in [0.15, 0.2) is 137 Å². The van der Waals surface area contributed by atoms with Gasteiger partial charge in [-0.05, 0) is 85.8 Å². The lowest BCUT2D eigenvalue weighted by atomic mass is 10.0. The molecular formula is C38H38N2O5S2. The van der Waals surface area contributed by atoms with Crippen molar-refractivity contribution in [3.8, 4) is 5.75 Å². The van der Waals surface area contributed by atoms with Crippen LogP contribution in [0.1, 0.15) is 27.8 Å². The number of hydrogen-bond acceptors (Lipinski definition) is 5. The smallest absolute Gasteiger partial charge is 0.264 e. The highest BCUT2D eigenvalue weighted by molar-refractivity contribution is 7.92. The van der Waals surface area contributed by atoms with E-state index in [1.54, 1.807) is 54.6 Å². The molecule has 5 aromatic rings. The molecule has 0 aromatic heterocycles. The molecule has 0 bridgehead atoms. The first kappa shape index (κ1) is 32.5. The van der Waals surface area contributed by atoms with Crippen LogP contribution in [0.4, 0.5) is 5.69 Å². The fraction of sp³-hybridized carbons (Fsp3) is 0.211. The molecular weight excluding hydrogens is 629 g/mol. The average molecular weight is 667 g/mol. The maximum absolute atomic E-state index is 14.4. The first-order valence-electron chi connectivity index (χ1n) is 15.6. The lowest BCUT2D eigenvalue weighted by Gasteiger charge is -2.38. The van der Waals surface area contributed by atoms with E-state index in [4.69, 9.17) is 4.74 Å². The van der Waals surface area contributed by atoms with E-state index < -0.39 is 26.1 Å². The van der Waals surface area contributed by atoms with Gasteiger partial charge in [0.1, 0.15) is 12.4 Å². The van der Waals surface area contributed by atoms with E-state index in [9.17, 15) is 16.8 Å². The Hall–Kier alpha value is -4.44. The number of nitrogens with zero attached hydrogens (tertiary/aromatic N) is 2. The minimum atomic E-state index is -4.04. The Kier molecular flexibility index (Phi) is 9.50. The zero-order valence-electron chi connectivity index (χ0n) is 26.5. The summed E-state index contributed by atoms with van der Waals surface area (Å²) < 4.78 is 66.3.